The quantitative estimate of drug-likeness (QED) is 0.294. The topological polar surface area (TPSA) is 50.9 Å². The molecule has 0 aliphatic heterocycles. The average Bonchev–Trinajstić information content (AvgIpc) is 3.29. The highest BCUT2D eigenvalue weighted by Gasteiger charge is 2.11. The van der Waals surface area contributed by atoms with Gasteiger partial charge in [-0.15, -0.1) is 0 Å². The number of aryl methyl sites for hydroxylation is 2. The van der Waals surface area contributed by atoms with Gasteiger partial charge in [0.2, 0.25) is 4.77 Å². The predicted octanol–water partition coefficient (Wildman–Crippen LogP) is 5.93. The molecule has 6 heteroatoms. The number of benzene rings is 3. The first kappa shape index (κ1) is 18.5. The summed E-state index contributed by atoms with van der Waals surface area (Å²) in [4.78, 5) is 0. The largest absolute Gasteiger partial charge is 0.341 e. The molecule has 5 aromatic rings. The van der Waals surface area contributed by atoms with Crippen molar-refractivity contribution in [1.82, 2.24) is 19.4 Å². The summed E-state index contributed by atoms with van der Waals surface area (Å²) < 4.78 is 4.48. The summed E-state index contributed by atoms with van der Waals surface area (Å²) >= 11 is 5.42. The van der Waals surface area contributed by atoms with Crippen molar-refractivity contribution >= 4 is 40.2 Å². The van der Waals surface area contributed by atoms with Gasteiger partial charge in [-0.25, -0.2) is 5.10 Å². The number of nitrogens with zero attached hydrogens (tertiary/aromatic N) is 4. The minimum atomic E-state index is 0.466. The fourth-order valence-electron chi connectivity index (χ4n) is 4.01. The third kappa shape index (κ3) is 2.97. The van der Waals surface area contributed by atoms with Gasteiger partial charge in [-0.3, -0.25) is 0 Å². The molecule has 5 nitrogen and oxygen atoms in total. The van der Waals surface area contributed by atoms with Crippen molar-refractivity contribution in [3.8, 4) is 11.4 Å². The summed E-state index contributed by atoms with van der Waals surface area (Å²) in [6, 6.07) is 23.0. The zero-order valence-electron chi connectivity index (χ0n) is 16.8. The van der Waals surface area contributed by atoms with Crippen LogP contribution in [0, 0.1) is 11.7 Å². The van der Waals surface area contributed by atoms with Gasteiger partial charge in [0.05, 0.1) is 6.21 Å². The Kier molecular flexibility index (Phi) is 4.56. The molecule has 1 N–H and O–H groups in total. The fourth-order valence-corrected chi connectivity index (χ4v) is 4.19. The normalized spacial score (nSPS) is 11.8. The third-order valence-corrected chi connectivity index (χ3v) is 5.74. The fraction of sp³-hybridized carbons (Fsp3) is 0.125. The van der Waals surface area contributed by atoms with Crippen molar-refractivity contribution in [2.75, 3.05) is 0 Å². The van der Waals surface area contributed by atoms with Crippen LogP contribution >= 0.6 is 12.2 Å². The smallest absolute Gasteiger partial charge is 0.216 e. The van der Waals surface area contributed by atoms with E-state index in [1.165, 1.54) is 21.8 Å². The second-order valence-electron chi connectivity index (χ2n) is 7.26. The molecule has 148 valence electrons. The van der Waals surface area contributed by atoms with E-state index in [1.807, 2.05) is 24.4 Å². The lowest BCUT2D eigenvalue weighted by atomic mass is 10.1. The lowest BCUT2D eigenvalue weighted by Crippen LogP contribution is -1.96. The molecule has 0 aliphatic carbocycles. The molecule has 30 heavy (non-hydrogen) atoms. The van der Waals surface area contributed by atoms with Gasteiger partial charge in [0.15, 0.2) is 5.82 Å². The van der Waals surface area contributed by atoms with Crippen LogP contribution in [-0.2, 0) is 6.54 Å². The van der Waals surface area contributed by atoms with Crippen molar-refractivity contribution in [1.29, 1.82) is 0 Å². The molecular weight excluding hydrogens is 390 g/mol. The second kappa shape index (κ2) is 7.39. The number of nitrogens with one attached hydrogen (secondary N) is 1. The zero-order chi connectivity index (χ0) is 20.7. The summed E-state index contributed by atoms with van der Waals surface area (Å²) in [7, 11) is 0. The van der Waals surface area contributed by atoms with Gasteiger partial charge >= 0.3 is 0 Å². The van der Waals surface area contributed by atoms with Gasteiger partial charge in [-0.2, -0.15) is 14.9 Å². The van der Waals surface area contributed by atoms with Crippen molar-refractivity contribution in [3.63, 3.8) is 0 Å². The van der Waals surface area contributed by atoms with E-state index in [2.05, 4.69) is 82.2 Å². The number of para-hydroxylation sites is 1. The van der Waals surface area contributed by atoms with Crippen molar-refractivity contribution < 1.29 is 0 Å². The molecule has 0 saturated carbocycles. The molecule has 0 bridgehead atoms. The first-order chi connectivity index (χ1) is 14.7. The molecule has 0 unspecified atom stereocenters. The van der Waals surface area contributed by atoms with Crippen LogP contribution in [0.25, 0.3) is 33.2 Å². The Balaban J connectivity index is 1.61. The van der Waals surface area contributed by atoms with Crippen LogP contribution in [0.3, 0.4) is 0 Å². The molecule has 2 aromatic heterocycles. The molecular formula is C24H21N5S. The highest BCUT2D eigenvalue weighted by atomic mass is 32.1. The van der Waals surface area contributed by atoms with Crippen LogP contribution in [0.5, 0.6) is 0 Å². The van der Waals surface area contributed by atoms with Crippen LogP contribution in [0.4, 0.5) is 0 Å². The third-order valence-electron chi connectivity index (χ3n) is 5.47. The van der Waals surface area contributed by atoms with Gasteiger partial charge in [-0.1, -0.05) is 48.5 Å². The number of hydrogen-bond donors (Lipinski definition) is 1. The first-order valence-corrected chi connectivity index (χ1v) is 10.4. The Hall–Kier alpha value is -3.51. The van der Waals surface area contributed by atoms with Crippen molar-refractivity contribution in [3.05, 3.63) is 82.6 Å². The molecule has 0 fully saturated rings. The average molecular weight is 412 g/mol. The van der Waals surface area contributed by atoms with Crippen LogP contribution in [0.2, 0.25) is 0 Å². The van der Waals surface area contributed by atoms with E-state index >= 15 is 0 Å². The number of rotatable bonds is 4. The molecule has 0 aliphatic rings. The Morgan fingerprint density at radius 3 is 2.60 bits per heavy atom. The monoisotopic (exact) mass is 411 g/mol. The lowest BCUT2D eigenvalue weighted by Gasteiger charge is -2.04. The van der Waals surface area contributed by atoms with E-state index in [-0.39, 0.29) is 0 Å². The van der Waals surface area contributed by atoms with E-state index in [0.29, 0.717) is 10.6 Å². The Morgan fingerprint density at radius 2 is 1.77 bits per heavy atom. The maximum atomic E-state index is 5.42. The predicted molar refractivity (Wildman–Crippen MR) is 126 cm³/mol. The van der Waals surface area contributed by atoms with E-state index in [9.17, 15) is 0 Å². The zero-order valence-corrected chi connectivity index (χ0v) is 17.6. The van der Waals surface area contributed by atoms with Crippen molar-refractivity contribution in [2.24, 2.45) is 5.10 Å². The summed E-state index contributed by atoms with van der Waals surface area (Å²) in [5, 5.41) is 14.4. The number of H-pyrrole nitrogens is 1. The van der Waals surface area contributed by atoms with Crippen LogP contribution in [0.1, 0.15) is 18.1 Å². The first-order valence-electron chi connectivity index (χ1n) is 9.96. The maximum Gasteiger partial charge on any atom is 0.216 e. The number of hydrogen-bond acceptors (Lipinski definition) is 3. The Labute approximate surface area is 179 Å². The second-order valence-corrected chi connectivity index (χ2v) is 7.65. The van der Waals surface area contributed by atoms with Gasteiger partial charge in [-0.05, 0) is 55.4 Å². The molecule has 0 saturated heterocycles. The number of aromatic nitrogens is 4. The van der Waals surface area contributed by atoms with Crippen LogP contribution in [-0.4, -0.2) is 25.7 Å². The van der Waals surface area contributed by atoms with E-state index in [4.69, 9.17) is 12.2 Å². The molecule has 0 amide bonds. The summed E-state index contributed by atoms with van der Waals surface area (Å²) in [6.45, 7) is 5.16. The van der Waals surface area contributed by atoms with E-state index < -0.39 is 0 Å². The highest BCUT2D eigenvalue weighted by molar-refractivity contribution is 7.71. The van der Waals surface area contributed by atoms with Gasteiger partial charge < -0.3 is 4.57 Å². The Morgan fingerprint density at radius 1 is 1.00 bits per heavy atom. The molecule has 0 spiro atoms. The minimum absolute atomic E-state index is 0.466. The van der Waals surface area contributed by atoms with Gasteiger partial charge in [0.25, 0.3) is 0 Å². The lowest BCUT2D eigenvalue weighted by molar-refractivity contribution is 0.827. The van der Waals surface area contributed by atoms with Crippen LogP contribution < -0.4 is 0 Å². The molecule has 3 aromatic carbocycles. The number of aromatic amines is 1. The molecule has 2 heterocycles. The SMILES string of the molecule is CCn1c2ccccc2c2cc(/C=N/n3c(-c4ccccc4C)n[nH]c3=S)ccc21. The van der Waals surface area contributed by atoms with E-state index in [0.717, 1.165) is 23.2 Å². The summed E-state index contributed by atoms with van der Waals surface area (Å²) in [6.07, 6.45) is 1.84. The van der Waals surface area contributed by atoms with Gasteiger partial charge in [0.1, 0.15) is 0 Å². The molecule has 0 atom stereocenters. The molecule has 0 radical (unpaired) electrons. The summed E-state index contributed by atoms with van der Waals surface area (Å²) in [5.74, 6) is 0.706. The van der Waals surface area contributed by atoms with Crippen molar-refractivity contribution in [2.45, 2.75) is 20.4 Å². The van der Waals surface area contributed by atoms with Crippen LogP contribution in [0.15, 0.2) is 71.8 Å². The van der Waals surface area contributed by atoms with Gasteiger partial charge in [0, 0.05) is 33.9 Å². The Bertz CT molecular complexity index is 1470. The van der Waals surface area contributed by atoms with E-state index in [1.54, 1.807) is 4.68 Å². The highest BCUT2D eigenvalue weighted by Crippen LogP contribution is 2.29. The summed E-state index contributed by atoms with van der Waals surface area (Å²) in [5.41, 5.74) is 5.62. The number of fused-ring (bicyclic) bond motifs is 3. The minimum Gasteiger partial charge on any atom is -0.341 e. The molecule has 5 rings (SSSR count). The maximum absolute atomic E-state index is 5.42. The standard InChI is InChI=1S/C24H21N5S/c1-3-28-21-11-7-6-10-19(21)20-14-17(12-13-22(20)28)15-25-29-23(26-27-24(29)30)18-9-5-4-8-16(18)2/h4-15H,3H2,1-2H3,(H,27,30)/b25-15+.